The van der Waals surface area contributed by atoms with Crippen LogP contribution in [0.5, 0.6) is 0 Å². The molecule has 4 aromatic rings. The van der Waals surface area contributed by atoms with Gasteiger partial charge in [0, 0.05) is 63.7 Å². The summed E-state index contributed by atoms with van der Waals surface area (Å²) in [6.45, 7) is 11.9. The van der Waals surface area contributed by atoms with Crippen molar-refractivity contribution in [1.29, 1.82) is 0 Å². The number of hydrogen-bond acceptors (Lipinski definition) is 8. The highest BCUT2D eigenvalue weighted by Gasteiger charge is 2.38. The second-order valence-electron chi connectivity index (χ2n) is 17.6. The van der Waals surface area contributed by atoms with Crippen LogP contribution >= 0.6 is 0 Å². The Kier molecular flexibility index (Phi) is 17.0. The number of urea groups is 2. The molecular weight excluding hydrogens is 809 g/mol. The first-order valence-corrected chi connectivity index (χ1v) is 22.6. The van der Waals surface area contributed by atoms with E-state index in [1.54, 1.807) is 9.80 Å². The van der Waals surface area contributed by atoms with Crippen LogP contribution in [-0.4, -0.2) is 133 Å². The summed E-state index contributed by atoms with van der Waals surface area (Å²) in [7, 11) is 0. The molecule has 4 aromatic carbocycles. The molecule has 14 nitrogen and oxygen atoms in total. The Hall–Kier alpha value is -6.12. The summed E-state index contributed by atoms with van der Waals surface area (Å²) < 4.78 is 0. The predicted octanol–water partition coefficient (Wildman–Crippen LogP) is 4.28. The van der Waals surface area contributed by atoms with Gasteiger partial charge in [0.1, 0.15) is 24.3 Å². The van der Waals surface area contributed by atoms with E-state index >= 15 is 0 Å². The second kappa shape index (κ2) is 23.0. The first kappa shape index (κ1) is 47.4. The number of hydrogen-bond donors (Lipinski definition) is 6. The predicted molar refractivity (Wildman–Crippen MR) is 251 cm³/mol. The first-order valence-electron chi connectivity index (χ1n) is 22.6. The number of nitrogens with one attached hydrogen (secondary N) is 4. The van der Waals surface area contributed by atoms with Crippen LogP contribution in [0.25, 0.3) is 0 Å². The van der Waals surface area contributed by atoms with E-state index in [-0.39, 0.29) is 36.7 Å². The fourth-order valence-corrected chi connectivity index (χ4v) is 8.40. The van der Waals surface area contributed by atoms with E-state index in [1.807, 2.05) is 149 Å². The Balaban J connectivity index is 1.15. The standard InChI is InChI=1S/C50H66N8O6/c1-35(2)43(53-49(63)57-29-25-55(26-30-57)39-21-13-7-14-22-39)47(61)51-41(33-37-17-9-5-10-18-37)45(59)46(60)42(34-38-19-11-6-12-20-38)52-48(62)44(36(3)4)54-50(64)58-31-27-56(28-32-58)40-23-15-8-16-24-40/h5-24,35-36,41-46,59-60H,25-34H2,1-4H3,(H,51,61)(H,52,62)(H,53,63)(H,54,64)/t41-,42-,43-,44-,45+,46+/m0/s1. The summed E-state index contributed by atoms with van der Waals surface area (Å²) in [5.74, 6) is -1.63. The number of piperazine rings is 2. The fourth-order valence-electron chi connectivity index (χ4n) is 8.40. The molecule has 0 radical (unpaired) electrons. The molecule has 0 spiro atoms. The lowest BCUT2D eigenvalue weighted by molar-refractivity contribution is -0.129. The van der Waals surface area contributed by atoms with Gasteiger partial charge in [-0.15, -0.1) is 0 Å². The van der Waals surface area contributed by atoms with E-state index in [9.17, 15) is 29.4 Å². The molecule has 2 heterocycles. The largest absolute Gasteiger partial charge is 0.388 e. The number of aliphatic hydroxyl groups is 2. The van der Waals surface area contributed by atoms with Crippen molar-refractivity contribution in [2.45, 2.75) is 76.9 Å². The maximum atomic E-state index is 14.2. The van der Waals surface area contributed by atoms with Crippen LogP contribution < -0.4 is 31.1 Å². The highest BCUT2D eigenvalue weighted by Crippen LogP contribution is 2.20. The zero-order valence-electron chi connectivity index (χ0n) is 37.6. The Labute approximate surface area is 378 Å². The molecule has 6 amide bonds. The molecule has 342 valence electrons. The zero-order valence-corrected chi connectivity index (χ0v) is 37.6. The lowest BCUT2D eigenvalue weighted by Gasteiger charge is -2.38. The van der Waals surface area contributed by atoms with Crippen LogP contribution in [0.3, 0.4) is 0 Å². The average Bonchev–Trinajstić information content (AvgIpc) is 3.32. The summed E-state index contributed by atoms with van der Waals surface area (Å²) in [6.07, 6.45) is -2.83. The fraction of sp³-hybridized carbons (Fsp3) is 0.440. The molecule has 0 bridgehead atoms. The van der Waals surface area contributed by atoms with E-state index in [2.05, 4.69) is 31.1 Å². The normalized spacial score (nSPS) is 17.2. The molecule has 2 fully saturated rings. The van der Waals surface area contributed by atoms with Crippen LogP contribution in [0.1, 0.15) is 38.8 Å². The number of rotatable bonds is 17. The maximum Gasteiger partial charge on any atom is 0.318 e. The van der Waals surface area contributed by atoms with Crippen molar-refractivity contribution in [2.24, 2.45) is 11.8 Å². The van der Waals surface area contributed by atoms with Crippen LogP contribution in [0, 0.1) is 11.8 Å². The van der Waals surface area contributed by atoms with Crippen molar-refractivity contribution in [3.63, 3.8) is 0 Å². The third kappa shape index (κ3) is 13.0. The quantitative estimate of drug-likeness (QED) is 0.0915. The summed E-state index contributed by atoms with van der Waals surface area (Å²) in [5, 5.41) is 36.2. The Morgan fingerprint density at radius 1 is 0.453 bits per heavy atom. The van der Waals surface area contributed by atoms with Crippen molar-refractivity contribution in [2.75, 3.05) is 62.2 Å². The molecule has 0 unspecified atom stereocenters. The molecule has 6 atom stereocenters. The molecule has 2 aliphatic heterocycles. The second-order valence-corrected chi connectivity index (χ2v) is 17.6. The Morgan fingerprint density at radius 2 is 0.750 bits per heavy atom. The van der Waals surface area contributed by atoms with Gasteiger partial charge in [0.2, 0.25) is 11.8 Å². The monoisotopic (exact) mass is 875 g/mol. The van der Waals surface area contributed by atoms with Gasteiger partial charge in [-0.05, 0) is 60.1 Å². The van der Waals surface area contributed by atoms with Gasteiger partial charge in [-0.2, -0.15) is 0 Å². The Morgan fingerprint density at radius 3 is 1.05 bits per heavy atom. The van der Waals surface area contributed by atoms with Gasteiger partial charge >= 0.3 is 12.1 Å². The number of anilines is 2. The molecule has 0 saturated carbocycles. The topological polar surface area (TPSA) is 170 Å². The molecule has 6 rings (SSSR count). The smallest absolute Gasteiger partial charge is 0.318 e. The van der Waals surface area contributed by atoms with Crippen LogP contribution in [0.2, 0.25) is 0 Å². The van der Waals surface area contributed by atoms with E-state index < -0.39 is 48.2 Å². The third-order valence-corrected chi connectivity index (χ3v) is 12.3. The Bertz CT molecular complexity index is 1910. The molecule has 0 aliphatic carbocycles. The first-order chi connectivity index (χ1) is 30.9. The number of nitrogens with zero attached hydrogens (tertiary/aromatic N) is 4. The minimum absolute atomic E-state index is 0.152. The number of amides is 6. The van der Waals surface area contributed by atoms with Crippen LogP contribution in [0.15, 0.2) is 121 Å². The van der Waals surface area contributed by atoms with Gasteiger partial charge < -0.3 is 51.1 Å². The van der Waals surface area contributed by atoms with Gasteiger partial charge in [-0.25, -0.2) is 9.59 Å². The number of carbonyl (C=O) groups is 4. The van der Waals surface area contributed by atoms with Gasteiger partial charge in [-0.3, -0.25) is 9.59 Å². The van der Waals surface area contributed by atoms with Crippen LogP contribution in [0.4, 0.5) is 21.0 Å². The molecule has 64 heavy (non-hydrogen) atoms. The van der Waals surface area contributed by atoms with Gasteiger partial charge in [0.05, 0.1) is 12.1 Å². The van der Waals surface area contributed by atoms with Crippen molar-refractivity contribution >= 4 is 35.3 Å². The SMILES string of the molecule is CC(C)[C@H](NC(=O)N1CCN(c2ccccc2)CC1)C(=O)N[C@@H](Cc1ccccc1)[C@@H](O)[C@H](O)[C@H](Cc1ccccc1)NC(=O)[C@@H](NC(=O)N1CCN(c2ccccc2)CC1)C(C)C. The zero-order chi connectivity index (χ0) is 45.6. The molecule has 14 heteroatoms. The van der Waals surface area contributed by atoms with Crippen LogP contribution in [-0.2, 0) is 22.4 Å². The molecule has 6 N–H and O–H groups in total. The lowest BCUT2D eigenvalue weighted by Crippen LogP contribution is -2.63. The molecule has 2 saturated heterocycles. The summed E-state index contributed by atoms with van der Waals surface area (Å²) in [4.78, 5) is 63.6. The van der Waals surface area contributed by atoms with E-state index in [1.165, 1.54) is 0 Å². The summed E-state index contributed by atoms with van der Waals surface area (Å²) >= 11 is 0. The number of aliphatic hydroxyl groups excluding tert-OH is 2. The van der Waals surface area contributed by atoms with Crippen molar-refractivity contribution in [3.8, 4) is 0 Å². The lowest BCUT2D eigenvalue weighted by atomic mass is 9.90. The van der Waals surface area contributed by atoms with Gasteiger partial charge in [0.25, 0.3) is 0 Å². The van der Waals surface area contributed by atoms with Crippen molar-refractivity contribution in [1.82, 2.24) is 31.1 Å². The summed E-state index contributed by atoms with van der Waals surface area (Å²) in [6, 6.07) is 34.1. The number of para-hydroxylation sites is 2. The van der Waals surface area contributed by atoms with Gasteiger partial charge in [0.15, 0.2) is 0 Å². The third-order valence-electron chi connectivity index (χ3n) is 12.3. The minimum atomic E-state index is -1.57. The number of carbonyl (C=O) groups excluding carboxylic acids is 4. The summed E-state index contributed by atoms with van der Waals surface area (Å²) in [5.41, 5.74) is 3.79. The van der Waals surface area contributed by atoms with Crippen molar-refractivity contribution in [3.05, 3.63) is 132 Å². The minimum Gasteiger partial charge on any atom is -0.388 e. The molecule has 2 aliphatic rings. The average molecular weight is 875 g/mol. The highest BCUT2D eigenvalue weighted by molar-refractivity contribution is 5.88. The van der Waals surface area contributed by atoms with E-state index in [0.29, 0.717) is 52.4 Å². The maximum absolute atomic E-state index is 14.2. The van der Waals surface area contributed by atoms with Crippen molar-refractivity contribution < 1.29 is 29.4 Å². The molecular formula is C50H66N8O6. The molecule has 0 aromatic heterocycles. The van der Waals surface area contributed by atoms with Gasteiger partial charge in [-0.1, -0.05) is 125 Å². The van der Waals surface area contributed by atoms with E-state index in [4.69, 9.17) is 0 Å². The number of benzene rings is 4. The highest BCUT2D eigenvalue weighted by atomic mass is 16.3. The van der Waals surface area contributed by atoms with E-state index in [0.717, 1.165) is 22.5 Å².